The molecule has 136 valence electrons. The average molecular weight is 380 g/mol. The molecule has 1 atom stereocenters. The second kappa shape index (κ2) is 8.38. The maximum Gasteiger partial charge on any atom is 0.277 e. The van der Waals surface area contributed by atoms with E-state index in [4.69, 9.17) is 14.4 Å². The lowest BCUT2D eigenvalue weighted by Crippen LogP contribution is -2.22. The van der Waals surface area contributed by atoms with E-state index in [1.54, 1.807) is 50.4 Å². The van der Waals surface area contributed by atoms with Crippen molar-refractivity contribution in [2.45, 2.75) is 17.4 Å². The molecule has 1 N–H and O–H groups in total. The number of nitriles is 1. The van der Waals surface area contributed by atoms with Crippen LogP contribution in [-0.4, -0.2) is 28.5 Å². The Morgan fingerprint density at radius 3 is 2.52 bits per heavy atom. The van der Waals surface area contributed by atoms with Gasteiger partial charge in [0.15, 0.2) is 0 Å². The molecule has 1 amide bonds. The number of amides is 1. The third-order valence-corrected chi connectivity index (χ3v) is 4.61. The standard InChI is InChI=1S/C19H16N4O3S/c1-12(17(24)21-15-7-3-13(11-20)4-8-15)27-19-23-22-18(26-19)14-5-9-16(25-2)10-6-14/h3-10,12H,1-2H3,(H,21,24)/t12-/m1/s1. The van der Waals surface area contributed by atoms with Crippen molar-refractivity contribution in [3.63, 3.8) is 0 Å². The van der Waals surface area contributed by atoms with Gasteiger partial charge in [-0.3, -0.25) is 4.79 Å². The number of hydrogen-bond donors (Lipinski definition) is 1. The summed E-state index contributed by atoms with van der Waals surface area (Å²) in [6, 6.07) is 15.9. The molecule has 0 spiro atoms. The van der Waals surface area contributed by atoms with E-state index in [1.165, 1.54) is 11.8 Å². The highest BCUT2D eigenvalue weighted by Crippen LogP contribution is 2.27. The molecular formula is C19H16N4O3S. The minimum atomic E-state index is -0.440. The van der Waals surface area contributed by atoms with E-state index in [0.717, 1.165) is 11.3 Å². The van der Waals surface area contributed by atoms with Gasteiger partial charge in [-0.25, -0.2) is 0 Å². The number of anilines is 1. The first kappa shape index (κ1) is 18.5. The summed E-state index contributed by atoms with van der Waals surface area (Å²) < 4.78 is 10.7. The maximum atomic E-state index is 12.3. The van der Waals surface area contributed by atoms with Gasteiger partial charge in [0.25, 0.3) is 5.22 Å². The van der Waals surface area contributed by atoms with Crippen molar-refractivity contribution in [3.05, 3.63) is 54.1 Å². The molecule has 1 aromatic heterocycles. The molecule has 0 radical (unpaired) electrons. The molecule has 3 aromatic rings. The lowest BCUT2D eigenvalue weighted by atomic mass is 10.2. The number of benzene rings is 2. The predicted octanol–water partition coefficient (Wildman–Crippen LogP) is 3.74. The topological polar surface area (TPSA) is 101 Å². The summed E-state index contributed by atoms with van der Waals surface area (Å²) >= 11 is 1.17. The van der Waals surface area contributed by atoms with Gasteiger partial charge in [0, 0.05) is 11.3 Å². The number of hydrogen-bond acceptors (Lipinski definition) is 7. The van der Waals surface area contributed by atoms with Crippen LogP contribution in [0.15, 0.2) is 58.2 Å². The number of methoxy groups -OCH3 is 1. The summed E-state index contributed by atoms with van der Waals surface area (Å²) in [5.74, 6) is 0.912. The Morgan fingerprint density at radius 1 is 1.19 bits per heavy atom. The fourth-order valence-corrected chi connectivity index (χ4v) is 2.87. The van der Waals surface area contributed by atoms with E-state index in [2.05, 4.69) is 15.5 Å². The molecule has 27 heavy (non-hydrogen) atoms. The summed E-state index contributed by atoms with van der Waals surface area (Å²) in [6.45, 7) is 1.75. The Morgan fingerprint density at radius 2 is 1.89 bits per heavy atom. The van der Waals surface area contributed by atoms with E-state index in [-0.39, 0.29) is 5.91 Å². The quantitative estimate of drug-likeness (QED) is 0.650. The van der Waals surface area contributed by atoms with Gasteiger partial charge in [-0.2, -0.15) is 5.26 Å². The molecule has 0 aliphatic heterocycles. The SMILES string of the molecule is COc1ccc(-c2nnc(S[C@H](C)C(=O)Nc3ccc(C#N)cc3)o2)cc1. The first-order valence-corrected chi connectivity index (χ1v) is 8.92. The zero-order valence-corrected chi connectivity index (χ0v) is 15.5. The predicted molar refractivity (Wildman–Crippen MR) is 101 cm³/mol. The lowest BCUT2D eigenvalue weighted by Gasteiger charge is -2.09. The minimum Gasteiger partial charge on any atom is -0.497 e. The molecule has 0 aliphatic rings. The third kappa shape index (κ3) is 4.65. The van der Waals surface area contributed by atoms with E-state index in [9.17, 15) is 4.79 Å². The van der Waals surface area contributed by atoms with Gasteiger partial charge in [0.2, 0.25) is 11.8 Å². The van der Waals surface area contributed by atoms with E-state index < -0.39 is 5.25 Å². The maximum absolute atomic E-state index is 12.3. The number of thioether (sulfide) groups is 1. The van der Waals surface area contributed by atoms with Crippen LogP contribution in [0.3, 0.4) is 0 Å². The monoisotopic (exact) mass is 380 g/mol. The summed E-state index contributed by atoms with van der Waals surface area (Å²) in [6.07, 6.45) is 0. The largest absolute Gasteiger partial charge is 0.497 e. The fraction of sp³-hybridized carbons (Fsp3) is 0.158. The summed E-state index contributed by atoms with van der Waals surface area (Å²) in [5.41, 5.74) is 1.92. The third-order valence-electron chi connectivity index (χ3n) is 3.67. The molecule has 3 rings (SSSR count). The van der Waals surface area contributed by atoms with E-state index >= 15 is 0 Å². The molecular weight excluding hydrogens is 364 g/mol. The van der Waals surface area contributed by atoms with Crippen LogP contribution in [0.1, 0.15) is 12.5 Å². The summed E-state index contributed by atoms with van der Waals surface area (Å²) in [4.78, 5) is 12.3. The van der Waals surface area contributed by atoms with Crippen molar-refractivity contribution in [1.29, 1.82) is 5.26 Å². The van der Waals surface area contributed by atoms with E-state index in [1.807, 2.05) is 18.2 Å². The first-order chi connectivity index (χ1) is 13.1. The highest BCUT2D eigenvalue weighted by Gasteiger charge is 2.19. The van der Waals surface area contributed by atoms with Crippen LogP contribution in [0.25, 0.3) is 11.5 Å². The Bertz CT molecular complexity index is 962. The van der Waals surface area contributed by atoms with Crippen LogP contribution < -0.4 is 10.1 Å². The number of carbonyl (C=O) groups is 1. The van der Waals surface area contributed by atoms with Gasteiger partial charge < -0.3 is 14.5 Å². The number of rotatable bonds is 6. The summed E-state index contributed by atoms with van der Waals surface area (Å²) in [5, 5.41) is 19.5. The number of carbonyl (C=O) groups excluding carboxylic acids is 1. The molecule has 0 aliphatic carbocycles. The van der Waals surface area contributed by atoms with Crippen molar-refractivity contribution in [2.24, 2.45) is 0 Å². The zero-order chi connectivity index (χ0) is 19.2. The van der Waals surface area contributed by atoms with Gasteiger partial charge in [-0.1, -0.05) is 11.8 Å². The number of aromatic nitrogens is 2. The molecule has 7 nitrogen and oxygen atoms in total. The second-order valence-corrected chi connectivity index (χ2v) is 6.83. The van der Waals surface area contributed by atoms with Gasteiger partial charge in [0.1, 0.15) is 5.75 Å². The molecule has 0 unspecified atom stereocenters. The van der Waals surface area contributed by atoms with Crippen LogP contribution in [-0.2, 0) is 4.79 Å². The highest BCUT2D eigenvalue weighted by atomic mass is 32.2. The average Bonchev–Trinajstić information content (AvgIpc) is 3.17. The highest BCUT2D eigenvalue weighted by molar-refractivity contribution is 8.00. The Hall–Kier alpha value is -3.31. The number of ether oxygens (including phenoxy) is 1. The van der Waals surface area contributed by atoms with Crippen molar-refractivity contribution < 1.29 is 13.9 Å². The minimum absolute atomic E-state index is 0.200. The number of nitrogens with zero attached hydrogens (tertiary/aromatic N) is 3. The lowest BCUT2D eigenvalue weighted by molar-refractivity contribution is -0.115. The molecule has 2 aromatic carbocycles. The van der Waals surface area contributed by atoms with Crippen molar-refractivity contribution >= 4 is 23.4 Å². The molecule has 0 fully saturated rings. The second-order valence-electron chi connectivity index (χ2n) is 5.54. The van der Waals surface area contributed by atoms with Crippen molar-refractivity contribution in [1.82, 2.24) is 10.2 Å². The van der Waals surface area contributed by atoms with Crippen molar-refractivity contribution in [2.75, 3.05) is 12.4 Å². The normalized spacial score (nSPS) is 11.4. The Labute approximate surface area is 160 Å². The van der Waals surface area contributed by atoms with Crippen LogP contribution in [0.4, 0.5) is 5.69 Å². The van der Waals surface area contributed by atoms with Crippen LogP contribution >= 0.6 is 11.8 Å². The van der Waals surface area contributed by atoms with Gasteiger partial charge >= 0.3 is 0 Å². The van der Waals surface area contributed by atoms with Gasteiger partial charge in [-0.05, 0) is 55.5 Å². The van der Waals surface area contributed by atoms with Gasteiger partial charge in [-0.15, -0.1) is 10.2 Å². The molecule has 8 heteroatoms. The Balaban J connectivity index is 1.61. The molecule has 0 saturated heterocycles. The van der Waals surface area contributed by atoms with Gasteiger partial charge in [0.05, 0.1) is 24.0 Å². The first-order valence-electron chi connectivity index (χ1n) is 8.04. The fourth-order valence-electron chi connectivity index (χ4n) is 2.18. The molecule has 1 heterocycles. The Kier molecular flexibility index (Phi) is 5.74. The van der Waals surface area contributed by atoms with Crippen LogP contribution in [0, 0.1) is 11.3 Å². The number of nitrogens with one attached hydrogen (secondary N) is 1. The summed E-state index contributed by atoms with van der Waals surface area (Å²) in [7, 11) is 1.60. The smallest absolute Gasteiger partial charge is 0.277 e. The van der Waals surface area contributed by atoms with Crippen LogP contribution in [0.2, 0.25) is 0 Å². The molecule has 0 bridgehead atoms. The van der Waals surface area contributed by atoms with Crippen LogP contribution in [0.5, 0.6) is 5.75 Å². The van der Waals surface area contributed by atoms with Crippen molar-refractivity contribution in [3.8, 4) is 23.3 Å². The zero-order valence-electron chi connectivity index (χ0n) is 14.7. The molecule has 0 saturated carbocycles. The van der Waals surface area contributed by atoms with E-state index in [0.29, 0.717) is 22.4 Å².